The molecule has 1 atom stereocenters. The smallest absolute Gasteiger partial charge is 0.289 e. The summed E-state index contributed by atoms with van der Waals surface area (Å²) in [5, 5.41) is 8.25. The maximum atomic E-state index is 12.2. The zero-order chi connectivity index (χ0) is 19.9. The second-order valence-corrected chi connectivity index (χ2v) is 7.70. The molecule has 2 heterocycles. The molecule has 0 bridgehead atoms. The molecule has 3 rings (SSSR count). The van der Waals surface area contributed by atoms with E-state index < -0.39 is 5.25 Å². The molecule has 28 heavy (non-hydrogen) atoms. The van der Waals surface area contributed by atoms with Gasteiger partial charge in [0.1, 0.15) is 5.75 Å². The molecule has 0 saturated carbocycles. The van der Waals surface area contributed by atoms with Gasteiger partial charge in [-0.05, 0) is 42.2 Å². The van der Waals surface area contributed by atoms with Gasteiger partial charge in [-0.3, -0.25) is 19.5 Å². The molecule has 7 heteroatoms. The van der Waals surface area contributed by atoms with Gasteiger partial charge in [0.05, 0.1) is 25.0 Å². The number of imide groups is 1. The zero-order valence-corrected chi connectivity index (χ0v) is 16.7. The maximum Gasteiger partial charge on any atom is 0.289 e. The molecule has 2 amide bonds. The van der Waals surface area contributed by atoms with E-state index in [-0.39, 0.29) is 24.3 Å². The van der Waals surface area contributed by atoms with E-state index in [0.29, 0.717) is 13.0 Å². The fourth-order valence-electron chi connectivity index (χ4n) is 2.95. The molecule has 1 aliphatic heterocycles. The van der Waals surface area contributed by atoms with Crippen LogP contribution in [0.25, 0.3) is 0 Å². The van der Waals surface area contributed by atoms with Crippen molar-refractivity contribution in [3.8, 4) is 5.75 Å². The van der Waals surface area contributed by atoms with E-state index in [1.54, 1.807) is 0 Å². The Morgan fingerprint density at radius 3 is 2.54 bits per heavy atom. The number of pyridine rings is 1. The number of hydrogen-bond donors (Lipinski definition) is 1. The summed E-state index contributed by atoms with van der Waals surface area (Å²) < 4.78 is 5.78. The van der Waals surface area contributed by atoms with Gasteiger partial charge in [0.25, 0.3) is 5.24 Å². The number of nitrogens with zero attached hydrogens (tertiary/aromatic N) is 2. The lowest BCUT2D eigenvalue weighted by Gasteiger charge is -2.12. The predicted molar refractivity (Wildman–Crippen MR) is 109 cm³/mol. The summed E-state index contributed by atoms with van der Waals surface area (Å²) in [5.74, 6) is 0.531. The Morgan fingerprint density at radius 2 is 1.89 bits per heavy atom. The first-order chi connectivity index (χ1) is 13.6. The summed E-state index contributed by atoms with van der Waals surface area (Å²) in [4.78, 5) is 29.6. The lowest BCUT2D eigenvalue weighted by atomic mass is 10.1. The van der Waals surface area contributed by atoms with Gasteiger partial charge in [-0.25, -0.2) is 0 Å². The van der Waals surface area contributed by atoms with E-state index in [9.17, 15) is 9.59 Å². The number of aliphatic hydroxyl groups excluding tert-OH is 1. The lowest BCUT2D eigenvalue weighted by molar-refractivity contribution is -0.127. The molecule has 1 aromatic carbocycles. The van der Waals surface area contributed by atoms with Crippen LogP contribution in [0.1, 0.15) is 23.7 Å². The van der Waals surface area contributed by atoms with Crippen LogP contribution in [-0.4, -0.2) is 51.1 Å². The Hall–Kier alpha value is -2.38. The molecule has 1 fully saturated rings. The van der Waals surface area contributed by atoms with Crippen molar-refractivity contribution in [3.05, 3.63) is 59.4 Å². The van der Waals surface area contributed by atoms with E-state index in [0.717, 1.165) is 46.5 Å². The Morgan fingerprint density at radius 1 is 1.14 bits per heavy atom. The number of aliphatic hydroxyl groups is 1. The first-order valence-electron chi connectivity index (χ1n) is 9.39. The van der Waals surface area contributed by atoms with Crippen molar-refractivity contribution in [2.45, 2.75) is 31.4 Å². The minimum Gasteiger partial charge on any atom is -0.493 e. The Kier molecular flexibility index (Phi) is 7.06. The number of amides is 2. The van der Waals surface area contributed by atoms with Crippen LogP contribution in [0.4, 0.5) is 4.79 Å². The Balaban J connectivity index is 1.48. The van der Waals surface area contributed by atoms with Crippen molar-refractivity contribution in [3.63, 3.8) is 0 Å². The number of aryl methyl sites for hydroxylation is 1. The van der Waals surface area contributed by atoms with Gasteiger partial charge in [0.2, 0.25) is 5.91 Å². The fourth-order valence-corrected chi connectivity index (χ4v) is 4.01. The van der Waals surface area contributed by atoms with Crippen LogP contribution >= 0.6 is 11.8 Å². The van der Waals surface area contributed by atoms with E-state index in [1.807, 2.05) is 36.5 Å². The number of ether oxygens (including phenoxy) is 1. The highest BCUT2D eigenvalue weighted by Crippen LogP contribution is 2.29. The number of carbonyl (C=O) groups excluding carboxylic acids is 2. The van der Waals surface area contributed by atoms with Gasteiger partial charge in [-0.1, -0.05) is 36.9 Å². The summed E-state index contributed by atoms with van der Waals surface area (Å²) in [6.07, 6.45) is 4.10. The van der Waals surface area contributed by atoms with Crippen LogP contribution in [0.3, 0.4) is 0 Å². The van der Waals surface area contributed by atoms with Gasteiger partial charge >= 0.3 is 0 Å². The van der Waals surface area contributed by atoms with Gasteiger partial charge in [-0.2, -0.15) is 0 Å². The molecule has 6 nitrogen and oxygen atoms in total. The molecule has 0 radical (unpaired) electrons. The number of rotatable bonds is 9. The second-order valence-electron chi connectivity index (χ2n) is 6.54. The lowest BCUT2D eigenvalue weighted by Crippen LogP contribution is -2.34. The van der Waals surface area contributed by atoms with E-state index in [2.05, 4.69) is 18.0 Å². The minimum absolute atomic E-state index is 0.0595. The average molecular weight is 401 g/mol. The normalized spacial score (nSPS) is 16.6. The summed E-state index contributed by atoms with van der Waals surface area (Å²) in [6, 6.07) is 11.7. The predicted octanol–water partition coefficient (Wildman–Crippen LogP) is 2.86. The SMILES string of the molecule is CCc1ccc(CCOc2ccc(CC3SC(=O)N(CCO)C3=O)cc2)nc1. The Labute approximate surface area is 168 Å². The fraction of sp³-hybridized carbons (Fsp3) is 0.381. The third-order valence-electron chi connectivity index (χ3n) is 4.59. The van der Waals surface area contributed by atoms with Gasteiger partial charge in [0, 0.05) is 18.3 Å². The molecule has 148 valence electrons. The molecule has 0 aliphatic carbocycles. The average Bonchev–Trinajstić information content (AvgIpc) is 2.97. The molecular formula is C21H24N2O4S. The summed E-state index contributed by atoms with van der Waals surface area (Å²) in [6.45, 7) is 2.49. The summed E-state index contributed by atoms with van der Waals surface area (Å²) >= 11 is 1.02. The van der Waals surface area contributed by atoms with Crippen molar-refractivity contribution >= 4 is 22.9 Å². The molecular weight excluding hydrogens is 376 g/mol. The first-order valence-corrected chi connectivity index (χ1v) is 10.3. The number of thioether (sulfide) groups is 1. The second kappa shape index (κ2) is 9.71. The van der Waals surface area contributed by atoms with E-state index in [4.69, 9.17) is 9.84 Å². The van der Waals surface area contributed by atoms with Crippen molar-refractivity contribution in [2.24, 2.45) is 0 Å². The van der Waals surface area contributed by atoms with Gasteiger partial charge in [0.15, 0.2) is 0 Å². The third kappa shape index (κ3) is 5.11. The molecule has 1 unspecified atom stereocenters. The topological polar surface area (TPSA) is 79.7 Å². The zero-order valence-electron chi connectivity index (χ0n) is 15.8. The standard InChI is InChI=1S/C21H24N2O4S/c1-2-15-3-6-17(22-14-15)9-12-27-18-7-4-16(5-8-18)13-19-20(25)23(10-11-24)21(26)28-19/h3-8,14,19,24H,2,9-13H2,1H3. The highest BCUT2D eigenvalue weighted by Gasteiger charge is 2.38. The van der Waals surface area contributed by atoms with Crippen LogP contribution in [0.2, 0.25) is 0 Å². The highest BCUT2D eigenvalue weighted by atomic mass is 32.2. The summed E-state index contributed by atoms with van der Waals surface area (Å²) in [7, 11) is 0. The van der Waals surface area contributed by atoms with Crippen molar-refractivity contribution in [1.82, 2.24) is 9.88 Å². The van der Waals surface area contributed by atoms with E-state index >= 15 is 0 Å². The number of carbonyl (C=O) groups is 2. The number of benzene rings is 1. The molecule has 1 N–H and O–H groups in total. The van der Waals surface area contributed by atoms with Crippen LogP contribution in [0.5, 0.6) is 5.75 Å². The van der Waals surface area contributed by atoms with Crippen LogP contribution < -0.4 is 4.74 Å². The monoisotopic (exact) mass is 400 g/mol. The molecule has 1 aromatic heterocycles. The van der Waals surface area contributed by atoms with Crippen LogP contribution in [-0.2, 0) is 24.1 Å². The largest absolute Gasteiger partial charge is 0.493 e. The third-order valence-corrected chi connectivity index (χ3v) is 5.67. The van der Waals surface area contributed by atoms with Crippen molar-refractivity contribution in [2.75, 3.05) is 19.8 Å². The highest BCUT2D eigenvalue weighted by molar-refractivity contribution is 8.15. The van der Waals surface area contributed by atoms with Crippen LogP contribution in [0, 0.1) is 0 Å². The number of hydrogen-bond acceptors (Lipinski definition) is 6. The summed E-state index contributed by atoms with van der Waals surface area (Å²) in [5.41, 5.74) is 3.19. The number of β-amino-alcohol motifs (C(OH)–C–C–N with tert-alkyl or cyclic N) is 1. The Bertz CT molecular complexity index is 808. The minimum atomic E-state index is -0.428. The number of aromatic nitrogens is 1. The van der Waals surface area contributed by atoms with Crippen molar-refractivity contribution < 1.29 is 19.4 Å². The quantitative estimate of drug-likeness (QED) is 0.697. The van der Waals surface area contributed by atoms with Crippen LogP contribution in [0.15, 0.2) is 42.6 Å². The van der Waals surface area contributed by atoms with E-state index in [1.165, 1.54) is 5.56 Å². The molecule has 1 aliphatic rings. The first kappa shape index (κ1) is 20.4. The molecule has 1 saturated heterocycles. The van der Waals surface area contributed by atoms with Gasteiger partial charge < -0.3 is 9.84 Å². The van der Waals surface area contributed by atoms with Gasteiger partial charge in [-0.15, -0.1) is 0 Å². The van der Waals surface area contributed by atoms with Crippen molar-refractivity contribution in [1.29, 1.82) is 0 Å². The molecule has 2 aromatic rings. The molecule has 0 spiro atoms. The maximum absolute atomic E-state index is 12.2.